The Morgan fingerprint density at radius 3 is 2.55 bits per heavy atom. The van der Waals surface area contributed by atoms with Gasteiger partial charge in [-0.3, -0.25) is 5.32 Å². The van der Waals surface area contributed by atoms with Gasteiger partial charge in [-0.1, -0.05) is 23.4 Å². The third-order valence-electron chi connectivity index (χ3n) is 3.47. The van der Waals surface area contributed by atoms with Gasteiger partial charge in [-0.2, -0.15) is 13.2 Å². The summed E-state index contributed by atoms with van der Waals surface area (Å²) in [5.74, 6) is 0.111. The van der Waals surface area contributed by atoms with E-state index in [1.807, 2.05) is 0 Å². The minimum Gasteiger partial charge on any atom is -0.410 e. The van der Waals surface area contributed by atoms with Crippen LogP contribution in [0.4, 0.5) is 23.8 Å². The second-order valence-corrected chi connectivity index (χ2v) is 4.98. The summed E-state index contributed by atoms with van der Waals surface area (Å²) in [5, 5.41) is 5.62. The number of hydrogen-bond acceptors (Lipinski definition) is 4. The first-order valence-corrected chi connectivity index (χ1v) is 6.48. The van der Waals surface area contributed by atoms with Crippen LogP contribution >= 0.6 is 0 Å². The summed E-state index contributed by atoms with van der Waals surface area (Å²) < 4.78 is 48.5. The second-order valence-electron chi connectivity index (χ2n) is 4.98. The van der Waals surface area contributed by atoms with Crippen LogP contribution < -0.4 is 10.1 Å². The first-order chi connectivity index (χ1) is 10.4. The Labute approximate surface area is 123 Å². The summed E-state index contributed by atoms with van der Waals surface area (Å²) in [6.07, 6.45) is -5.31. The highest BCUT2D eigenvalue weighted by Crippen LogP contribution is 2.58. The van der Waals surface area contributed by atoms with Gasteiger partial charge in [0.1, 0.15) is 16.9 Å². The maximum absolute atomic E-state index is 12.9. The average molecular weight is 312 g/mol. The van der Waals surface area contributed by atoms with Gasteiger partial charge in [0, 0.05) is 6.07 Å². The van der Waals surface area contributed by atoms with Crippen LogP contribution in [0.25, 0.3) is 0 Å². The van der Waals surface area contributed by atoms with Crippen LogP contribution in [-0.2, 0) is 5.41 Å². The Morgan fingerprint density at radius 1 is 1.27 bits per heavy atom. The molecule has 1 saturated carbocycles. The number of amides is 1. The van der Waals surface area contributed by atoms with Gasteiger partial charge in [-0.05, 0) is 25.0 Å². The lowest BCUT2D eigenvalue weighted by atomic mass is 10.0. The van der Waals surface area contributed by atoms with Crippen LogP contribution in [0, 0.1) is 0 Å². The van der Waals surface area contributed by atoms with Crippen molar-refractivity contribution in [2.24, 2.45) is 0 Å². The number of hydrogen-bond donors (Lipinski definition) is 1. The highest BCUT2D eigenvalue weighted by Gasteiger charge is 2.66. The van der Waals surface area contributed by atoms with Crippen molar-refractivity contribution in [3.63, 3.8) is 0 Å². The molecule has 3 rings (SSSR count). The Kier molecular flexibility index (Phi) is 3.31. The number of carbonyl (C=O) groups is 1. The molecule has 8 heteroatoms. The van der Waals surface area contributed by atoms with E-state index in [1.54, 1.807) is 30.3 Å². The molecule has 0 spiro atoms. The predicted molar refractivity (Wildman–Crippen MR) is 69.6 cm³/mol. The fourth-order valence-corrected chi connectivity index (χ4v) is 2.09. The molecule has 0 aliphatic heterocycles. The van der Waals surface area contributed by atoms with Crippen LogP contribution in [0.3, 0.4) is 0 Å². The van der Waals surface area contributed by atoms with Gasteiger partial charge in [0.25, 0.3) is 0 Å². The number of aromatic nitrogens is 1. The minimum atomic E-state index is -4.38. The number of ether oxygens (including phenoxy) is 1. The monoisotopic (exact) mass is 312 g/mol. The molecule has 1 heterocycles. The number of halogens is 3. The Bertz CT molecular complexity index is 678. The van der Waals surface area contributed by atoms with Crippen LogP contribution in [0.15, 0.2) is 40.9 Å². The molecule has 0 radical (unpaired) electrons. The largest absolute Gasteiger partial charge is 0.419 e. The maximum Gasteiger partial charge on any atom is 0.419 e. The van der Waals surface area contributed by atoms with Crippen LogP contribution in [0.5, 0.6) is 5.75 Å². The first-order valence-electron chi connectivity index (χ1n) is 6.48. The van der Waals surface area contributed by atoms with Crippen molar-refractivity contribution in [1.82, 2.24) is 5.16 Å². The van der Waals surface area contributed by atoms with Crippen molar-refractivity contribution in [3.05, 3.63) is 42.1 Å². The van der Waals surface area contributed by atoms with Crippen molar-refractivity contribution < 1.29 is 27.2 Å². The molecular weight excluding hydrogens is 301 g/mol. The standard InChI is InChI=1S/C14H11F3N2O3/c15-14(16,17)13(6-7-13)10-8-11(22-19-10)18-12(20)21-9-4-2-1-3-5-9/h1-5,8H,6-7H2,(H,18,20). The fourth-order valence-electron chi connectivity index (χ4n) is 2.09. The molecule has 1 aromatic carbocycles. The summed E-state index contributed by atoms with van der Waals surface area (Å²) in [7, 11) is 0. The normalized spacial score (nSPS) is 16.1. The van der Waals surface area contributed by atoms with Gasteiger partial charge in [-0.15, -0.1) is 0 Å². The Hall–Kier alpha value is -2.51. The van der Waals surface area contributed by atoms with Crippen LogP contribution in [0.2, 0.25) is 0 Å². The molecule has 116 valence electrons. The lowest BCUT2D eigenvalue weighted by molar-refractivity contribution is -0.161. The topological polar surface area (TPSA) is 64.4 Å². The van der Waals surface area contributed by atoms with E-state index in [9.17, 15) is 18.0 Å². The van der Waals surface area contributed by atoms with Gasteiger partial charge < -0.3 is 9.26 Å². The molecule has 0 atom stereocenters. The highest BCUT2D eigenvalue weighted by molar-refractivity contribution is 5.84. The van der Waals surface area contributed by atoms with Crippen molar-refractivity contribution in [1.29, 1.82) is 0 Å². The van der Waals surface area contributed by atoms with Crippen molar-refractivity contribution in [3.8, 4) is 5.75 Å². The summed E-state index contributed by atoms with van der Waals surface area (Å²) in [4.78, 5) is 11.6. The molecule has 22 heavy (non-hydrogen) atoms. The summed E-state index contributed by atoms with van der Waals surface area (Å²) in [6, 6.07) is 9.31. The minimum absolute atomic E-state index is 0.0308. The van der Waals surface area contributed by atoms with Gasteiger partial charge in [0.2, 0.25) is 5.88 Å². The van der Waals surface area contributed by atoms with Gasteiger partial charge in [0.05, 0.1) is 0 Å². The fraction of sp³-hybridized carbons (Fsp3) is 0.286. The third kappa shape index (κ3) is 2.63. The van der Waals surface area contributed by atoms with E-state index in [0.29, 0.717) is 5.75 Å². The Balaban J connectivity index is 1.67. The first kappa shape index (κ1) is 14.4. The third-order valence-corrected chi connectivity index (χ3v) is 3.47. The number of anilines is 1. The number of para-hydroxylation sites is 1. The van der Waals surface area contributed by atoms with Gasteiger partial charge >= 0.3 is 12.3 Å². The summed E-state index contributed by atoms with van der Waals surface area (Å²) >= 11 is 0. The van der Waals surface area contributed by atoms with E-state index in [4.69, 9.17) is 9.26 Å². The summed E-state index contributed by atoms with van der Waals surface area (Å²) in [5.41, 5.74) is -2.17. The van der Waals surface area contributed by atoms with E-state index in [-0.39, 0.29) is 24.4 Å². The SMILES string of the molecule is O=C(Nc1cc(C2(C(F)(F)F)CC2)no1)Oc1ccccc1. The molecule has 1 aliphatic rings. The zero-order valence-corrected chi connectivity index (χ0v) is 11.2. The lowest BCUT2D eigenvalue weighted by Crippen LogP contribution is -2.28. The molecule has 0 unspecified atom stereocenters. The smallest absolute Gasteiger partial charge is 0.410 e. The molecule has 2 aromatic rings. The Morgan fingerprint density at radius 2 is 1.95 bits per heavy atom. The molecular formula is C14H11F3N2O3. The van der Waals surface area contributed by atoms with Crippen LogP contribution in [0.1, 0.15) is 18.5 Å². The maximum atomic E-state index is 12.9. The van der Waals surface area contributed by atoms with Crippen LogP contribution in [-0.4, -0.2) is 17.4 Å². The van der Waals surface area contributed by atoms with E-state index in [1.165, 1.54) is 0 Å². The van der Waals surface area contributed by atoms with E-state index in [0.717, 1.165) is 6.07 Å². The molecule has 5 nitrogen and oxygen atoms in total. The molecule has 1 amide bonds. The zero-order valence-electron chi connectivity index (χ0n) is 11.2. The quantitative estimate of drug-likeness (QED) is 0.934. The number of rotatable bonds is 3. The number of carbonyl (C=O) groups excluding carboxylic acids is 1. The number of alkyl halides is 3. The molecule has 1 fully saturated rings. The zero-order chi connectivity index (χ0) is 15.8. The molecule has 0 saturated heterocycles. The summed E-state index contributed by atoms with van der Waals surface area (Å²) in [6.45, 7) is 0. The average Bonchev–Trinajstić information content (AvgIpc) is 3.15. The van der Waals surface area contributed by atoms with Crippen molar-refractivity contribution in [2.45, 2.75) is 24.4 Å². The number of nitrogens with zero attached hydrogens (tertiary/aromatic N) is 1. The van der Waals surface area contributed by atoms with E-state index >= 15 is 0 Å². The van der Waals surface area contributed by atoms with E-state index in [2.05, 4.69) is 10.5 Å². The van der Waals surface area contributed by atoms with Crippen molar-refractivity contribution >= 4 is 12.0 Å². The van der Waals surface area contributed by atoms with E-state index < -0.39 is 17.7 Å². The lowest BCUT2D eigenvalue weighted by Gasteiger charge is -2.15. The number of benzene rings is 1. The molecule has 1 aliphatic carbocycles. The van der Waals surface area contributed by atoms with Gasteiger partial charge in [-0.25, -0.2) is 4.79 Å². The molecule has 1 aromatic heterocycles. The highest BCUT2D eigenvalue weighted by atomic mass is 19.4. The van der Waals surface area contributed by atoms with Gasteiger partial charge in [0.15, 0.2) is 0 Å². The second kappa shape index (κ2) is 5.04. The molecule has 1 N–H and O–H groups in total. The number of nitrogens with one attached hydrogen (secondary N) is 1. The predicted octanol–water partition coefficient (Wildman–Crippen LogP) is 3.88. The van der Waals surface area contributed by atoms with Crippen molar-refractivity contribution in [2.75, 3.05) is 5.32 Å². The molecule has 0 bridgehead atoms.